The molecule has 0 atom stereocenters. The fourth-order valence-corrected chi connectivity index (χ4v) is 3.71. The summed E-state index contributed by atoms with van der Waals surface area (Å²) >= 11 is 1.21. The molecule has 1 saturated heterocycles. The second kappa shape index (κ2) is 7.46. The quantitative estimate of drug-likeness (QED) is 0.666. The molecule has 26 heavy (non-hydrogen) atoms. The number of hydrogen-bond acceptors (Lipinski definition) is 4. The molecular weight excluding hydrogens is 346 g/mol. The van der Waals surface area contributed by atoms with E-state index in [1.54, 1.807) is 6.07 Å². The molecule has 0 spiro atoms. The Morgan fingerprint density at radius 3 is 2.42 bits per heavy atom. The fourth-order valence-electron chi connectivity index (χ4n) is 2.71. The summed E-state index contributed by atoms with van der Waals surface area (Å²) in [6, 6.07) is 16.7. The van der Waals surface area contributed by atoms with Crippen LogP contribution in [-0.4, -0.2) is 17.6 Å². The topological polar surface area (TPSA) is 73.2 Å². The molecule has 5 nitrogen and oxygen atoms in total. The third-order valence-corrected chi connectivity index (χ3v) is 5.14. The van der Waals surface area contributed by atoms with E-state index < -0.39 is 5.91 Å². The summed E-state index contributed by atoms with van der Waals surface area (Å²) in [5, 5.41) is 12.7. The van der Waals surface area contributed by atoms with E-state index in [1.807, 2.05) is 62.4 Å². The molecule has 1 aliphatic heterocycles. The fraction of sp³-hybridized carbons (Fsp3) is 0.150. The number of carbonyl (C=O) groups is 2. The van der Waals surface area contributed by atoms with Gasteiger partial charge in [-0.05, 0) is 37.1 Å². The second-order valence-electron chi connectivity index (χ2n) is 5.87. The van der Waals surface area contributed by atoms with Gasteiger partial charge < -0.3 is 5.32 Å². The van der Waals surface area contributed by atoms with Crippen LogP contribution in [0, 0.1) is 25.2 Å². The van der Waals surface area contributed by atoms with Crippen LogP contribution in [0.3, 0.4) is 0 Å². The van der Waals surface area contributed by atoms with Crippen LogP contribution in [-0.2, 0) is 9.59 Å². The third kappa shape index (κ3) is 3.35. The summed E-state index contributed by atoms with van der Waals surface area (Å²) in [6.07, 6.45) is 0. The Hall–Kier alpha value is -3.04. The van der Waals surface area contributed by atoms with E-state index in [4.69, 9.17) is 0 Å². The number of amides is 2. The van der Waals surface area contributed by atoms with E-state index in [9.17, 15) is 14.9 Å². The predicted octanol–water partition coefficient (Wildman–Crippen LogP) is 3.76. The summed E-state index contributed by atoms with van der Waals surface area (Å²) in [4.78, 5) is 26.6. The Balaban J connectivity index is 2.01. The molecule has 1 fully saturated rings. The smallest absolute Gasteiger partial charge is 0.269 e. The van der Waals surface area contributed by atoms with Crippen LogP contribution >= 0.6 is 11.8 Å². The molecule has 0 unspecified atom stereocenters. The maximum Gasteiger partial charge on any atom is 0.269 e. The maximum absolute atomic E-state index is 12.7. The molecule has 0 saturated carbocycles. The lowest BCUT2D eigenvalue weighted by molar-refractivity contribution is -0.115. The molecule has 0 aliphatic carbocycles. The number of benzene rings is 2. The minimum Gasteiger partial charge on any atom is -0.321 e. The molecular formula is C20H17N3O2S. The summed E-state index contributed by atoms with van der Waals surface area (Å²) < 4.78 is 0. The van der Waals surface area contributed by atoms with E-state index in [2.05, 4.69) is 5.32 Å². The van der Waals surface area contributed by atoms with Crippen LogP contribution in [0.5, 0.6) is 0 Å². The van der Waals surface area contributed by atoms with Gasteiger partial charge in [0, 0.05) is 5.69 Å². The zero-order chi connectivity index (χ0) is 18.7. The Kier molecular flexibility index (Phi) is 5.10. The van der Waals surface area contributed by atoms with Crippen molar-refractivity contribution in [1.29, 1.82) is 5.26 Å². The number of thioether (sulfide) groups is 1. The van der Waals surface area contributed by atoms with Gasteiger partial charge in [0.05, 0.1) is 11.4 Å². The maximum atomic E-state index is 12.7. The van der Waals surface area contributed by atoms with Crippen molar-refractivity contribution in [2.45, 2.75) is 13.8 Å². The van der Waals surface area contributed by atoms with Crippen LogP contribution in [0.1, 0.15) is 11.1 Å². The van der Waals surface area contributed by atoms with Crippen molar-refractivity contribution in [3.05, 3.63) is 70.3 Å². The van der Waals surface area contributed by atoms with E-state index in [0.717, 1.165) is 11.1 Å². The predicted molar refractivity (Wildman–Crippen MR) is 104 cm³/mol. The zero-order valence-corrected chi connectivity index (χ0v) is 15.3. The zero-order valence-electron chi connectivity index (χ0n) is 14.4. The largest absolute Gasteiger partial charge is 0.321 e. The highest BCUT2D eigenvalue weighted by Crippen LogP contribution is 2.37. The van der Waals surface area contributed by atoms with Gasteiger partial charge in [-0.25, -0.2) is 0 Å². The number of nitriles is 1. The number of hydrogen-bond donors (Lipinski definition) is 1. The van der Waals surface area contributed by atoms with Crippen molar-refractivity contribution in [1.82, 2.24) is 0 Å². The van der Waals surface area contributed by atoms with E-state index >= 15 is 0 Å². The first kappa shape index (κ1) is 17.8. The number of rotatable bonds is 3. The third-order valence-electron chi connectivity index (χ3n) is 4.09. The molecule has 1 aliphatic rings. The number of aryl methyl sites for hydroxylation is 2. The van der Waals surface area contributed by atoms with Crippen LogP contribution in [0.25, 0.3) is 0 Å². The van der Waals surface area contributed by atoms with E-state index in [-0.39, 0.29) is 17.2 Å². The average molecular weight is 363 g/mol. The molecule has 130 valence electrons. The standard InChI is InChI=1S/C20H17N3O2S/c1-13-7-3-5-9-16(13)22-19(25)15(11-21)20-23(18(24)12-26-20)17-10-6-4-8-14(17)2/h3-10H,12H2,1-2H3,(H,22,25)/b20-15-. The average Bonchev–Trinajstić information content (AvgIpc) is 2.99. The molecule has 0 radical (unpaired) electrons. The van der Waals surface area contributed by atoms with Crippen LogP contribution in [0.2, 0.25) is 0 Å². The van der Waals surface area contributed by atoms with Gasteiger partial charge in [-0.3, -0.25) is 14.5 Å². The molecule has 6 heteroatoms. The van der Waals surface area contributed by atoms with Gasteiger partial charge in [0.1, 0.15) is 16.7 Å². The Morgan fingerprint density at radius 2 is 1.77 bits per heavy atom. The first-order chi connectivity index (χ1) is 12.5. The minimum atomic E-state index is -0.516. The summed E-state index contributed by atoms with van der Waals surface area (Å²) in [5.41, 5.74) is 3.07. The second-order valence-corrected chi connectivity index (χ2v) is 6.83. The lowest BCUT2D eigenvalue weighted by Gasteiger charge is -2.20. The molecule has 3 rings (SSSR count). The molecule has 2 aromatic rings. The summed E-state index contributed by atoms with van der Waals surface area (Å²) in [5.74, 6) is -0.458. The lowest BCUT2D eigenvalue weighted by Crippen LogP contribution is -2.27. The van der Waals surface area contributed by atoms with Crippen LogP contribution < -0.4 is 10.2 Å². The summed E-state index contributed by atoms with van der Waals surface area (Å²) in [6.45, 7) is 3.77. The van der Waals surface area contributed by atoms with Gasteiger partial charge in [-0.15, -0.1) is 0 Å². The van der Waals surface area contributed by atoms with Crippen molar-refractivity contribution in [2.24, 2.45) is 0 Å². The number of anilines is 2. The van der Waals surface area contributed by atoms with Crippen molar-refractivity contribution in [2.75, 3.05) is 16.0 Å². The molecule has 2 aromatic carbocycles. The van der Waals surface area contributed by atoms with Crippen LogP contribution in [0.15, 0.2) is 59.1 Å². The van der Waals surface area contributed by atoms with Crippen LogP contribution in [0.4, 0.5) is 11.4 Å². The lowest BCUT2D eigenvalue weighted by atomic mass is 10.1. The van der Waals surface area contributed by atoms with E-state index in [0.29, 0.717) is 16.4 Å². The highest BCUT2D eigenvalue weighted by Gasteiger charge is 2.33. The Morgan fingerprint density at radius 1 is 1.12 bits per heavy atom. The van der Waals surface area contributed by atoms with Gasteiger partial charge in [-0.1, -0.05) is 48.2 Å². The first-order valence-corrected chi connectivity index (χ1v) is 9.04. The van der Waals surface area contributed by atoms with Gasteiger partial charge >= 0.3 is 0 Å². The molecule has 1 heterocycles. The SMILES string of the molecule is Cc1ccccc1NC(=O)/C(C#N)=C1\SCC(=O)N1c1ccccc1C. The first-order valence-electron chi connectivity index (χ1n) is 8.05. The van der Waals surface area contributed by atoms with Gasteiger partial charge in [0.15, 0.2) is 0 Å². The number of nitrogens with one attached hydrogen (secondary N) is 1. The molecule has 0 aromatic heterocycles. The van der Waals surface area contributed by atoms with Crippen molar-refractivity contribution < 1.29 is 9.59 Å². The Bertz CT molecular complexity index is 960. The highest BCUT2D eigenvalue weighted by molar-refractivity contribution is 8.04. The van der Waals surface area contributed by atoms with Gasteiger partial charge in [0.25, 0.3) is 5.91 Å². The highest BCUT2D eigenvalue weighted by atomic mass is 32.2. The van der Waals surface area contributed by atoms with Gasteiger partial charge in [-0.2, -0.15) is 5.26 Å². The van der Waals surface area contributed by atoms with Crippen molar-refractivity contribution in [3.63, 3.8) is 0 Å². The minimum absolute atomic E-state index is 0.0626. The molecule has 1 N–H and O–H groups in total. The van der Waals surface area contributed by atoms with E-state index in [1.165, 1.54) is 16.7 Å². The molecule has 2 amide bonds. The number of carbonyl (C=O) groups excluding carboxylic acids is 2. The van der Waals surface area contributed by atoms with Gasteiger partial charge in [0.2, 0.25) is 5.91 Å². The number of para-hydroxylation sites is 2. The Labute approximate surface area is 156 Å². The summed E-state index contributed by atoms with van der Waals surface area (Å²) in [7, 11) is 0. The molecule has 0 bridgehead atoms. The van der Waals surface area contributed by atoms with Crippen molar-refractivity contribution in [3.8, 4) is 6.07 Å². The normalized spacial score (nSPS) is 15.6. The van der Waals surface area contributed by atoms with Crippen molar-refractivity contribution >= 4 is 35.0 Å². The monoisotopic (exact) mass is 363 g/mol. The number of nitrogens with zero attached hydrogens (tertiary/aromatic N) is 2.